The van der Waals surface area contributed by atoms with Gasteiger partial charge in [-0.15, -0.1) is 0 Å². The Hall–Kier alpha value is -2.23. The molecule has 1 aliphatic rings. The summed E-state index contributed by atoms with van der Waals surface area (Å²) in [5.41, 5.74) is 0.582. The molecule has 1 amide bonds. The summed E-state index contributed by atoms with van der Waals surface area (Å²) in [7, 11) is -4.12. The largest absolute Gasteiger partial charge is 0.480 e. The van der Waals surface area contributed by atoms with E-state index in [0.717, 1.165) is 14.6 Å². The van der Waals surface area contributed by atoms with E-state index in [1.165, 1.54) is 13.0 Å². The first-order valence-electron chi connectivity index (χ1n) is 9.07. The van der Waals surface area contributed by atoms with Gasteiger partial charge in [0.25, 0.3) is 0 Å². The number of hydrogen-bond donors (Lipinski definition) is 1. The number of Topliss-reactive ketones (excluding diaryl/α,β-unsaturated/α-hetero) is 1. The van der Waals surface area contributed by atoms with Crippen LogP contribution < -0.4 is 0 Å². The highest BCUT2D eigenvalue weighted by Crippen LogP contribution is 2.24. The van der Waals surface area contributed by atoms with Crippen molar-refractivity contribution in [3.8, 4) is 0 Å². The zero-order valence-electron chi connectivity index (χ0n) is 16.1. The van der Waals surface area contributed by atoms with Gasteiger partial charge in [-0.3, -0.25) is 9.59 Å². The predicted molar refractivity (Wildman–Crippen MR) is 109 cm³/mol. The monoisotopic (exact) mass is 442 g/mol. The molecular formula is C19H23ClN2O6S. The molecule has 0 bridgehead atoms. The summed E-state index contributed by atoms with van der Waals surface area (Å²) >= 11 is 5.82. The number of benzene rings is 1. The number of halogens is 1. The maximum atomic E-state index is 12.9. The van der Waals surface area contributed by atoms with Gasteiger partial charge in [0, 0.05) is 23.4 Å². The van der Waals surface area contributed by atoms with Gasteiger partial charge in [0.15, 0.2) is 0 Å². The highest BCUT2D eigenvalue weighted by molar-refractivity contribution is 7.92. The first kappa shape index (κ1) is 23.1. The van der Waals surface area contributed by atoms with Crippen LogP contribution in [0.3, 0.4) is 0 Å². The molecule has 0 aliphatic carbocycles. The minimum absolute atomic E-state index is 0.101. The fraction of sp³-hybridized carbons (Fsp3) is 0.421. The van der Waals surface area contributed by atoms with Gasteiger partial charge in [0.05, 0.1) is 6.54 Å². The van der Waals surface area contributed by atoms with Gasteiger partial charge in [-0.25, -0.2) is 13.2 Å². The van der Waals surface area contributed by atoms with E-state index in [4.69, 9.17) is 16.7 Å². The summed E-state index contributed by atoms with van der Waals surface area (Å²) in [4.78, 5) is 37.1. The van der Waals surface area contributed by atoms with Crippen molar-refractivity contribution in [2.24, 2.45) is 0 Å². The Balaban J connectivity index is 2.32. The van der Waals surface area contributed by atoms with Crippen molar-refractivity contribution >= 4 is 45.4 Å². The van der Waals surface area contributed by atoms with Crippen LogP contribution in [-0.2, 0) is 24.4 Å². The predicted octanol–water partition coefficient (Wildman–Crippen LogP) is 2.00. The third-order valence-electron chi connectivity index (χ3n) is 4.74. The number of sulfonamides is 1. The van der Waals surface area contributed by atoms with Gasteiger partial charge in [-0.1, -0.05) is 30.7 Å². The Morgan fingerprint density at radius 2 is 1.97 bits per heavy atom. The molecule has 158 valence electrons. The molecule has 8 nitrogen and oxygen atoms in total. The fourth-order valence-corrected chi connectivity index (χ4v) is 4.44. The van der Waals surface area contributed by atoms with Crippen molar-refractivity contribution in [2.75, 3.05) is 13.1 Å². The molecule has 1 saturated heterocycles. The van der Waals surface area contributed by atoms with Crippen LogP contribution in [0.15, 0.2) is 29.7 Å². The molecule has 0 radical (unpaired) electrons. The smallest absolute Gasteiger partial charge is 0.326 e. The Kier molecular flexibility index (Phi) is 7.56. The SMILES string of the molecule is CCC(=O)CN([C@H]1CCN([C@@H](C)C(=O)O)C1=O)S(=O)(=O)/C=C/c1ccc(Cl)cc1. The van der Waals surface area contributed by atoms with Gasteiger partial charge in [-0.05, 0) is 37.1 Å². The third kappa shape index (κ3) is 5.65. The van der Waals surface area contributed by atoms with E-state index < -0.39 is 40.5 Å². The Morgan fingerprint density at radius 3 is 2.52 bits per heavy atom. The number of carboxylic acid groups (broad SMARTS) is 1. The average molecular weight is 443 g/mol. The lowest BCUT2D eigenvalue weighted by molar-refractivity contribution is -0.148. The average Bonchev–Trinajstić information content (AvgIpc) is 3.05. The van der Waals surface area contributed by atoms with Crippen LogP contribution in [0.2, 0.25) is 5.02 Å². The van der Waals surface area contributed by atoms with Gasteiger partial charge < -0.3 is 10.0 Å². The molecule has 1 N–H and O–H groups in total. The zero-order valence-corrected chi connectivity index (χ0v) is 17.7. The molecule has 10 heteroatoms. The molecule has 0 spiro atoms. The van der Waals surface area contributed by atoms with Gasteiger partial charge in [0.2, 0.25) is 15.9 Å². The number of carbonyl (C=O) groups is 3. The van der Waals surface area contributed by atoms with E-state index >= 15 is 0 Å². The highest BCUT2D eigenvalue weighted by Gasteiger charge is 2.43. The number of rotatable bonds is 9. The van der Waals surface area contributed by atoms with E-state index in [9.17, 15) is 22.8 Å². The number of carbonyl (C=O) groups excluding carboxylic acids is 2. The first-order valence-corrected chi connectivity index (χ1v) is 11.0. The maximum Gasteiger partial charge on any atom is 0.326 e. The van der Waals surface area contributed by atoms with Crippen LogP contribution in [0.25, 0.3) is 6.08 Å². The minimum Gasteiger partial charge on any atom is -0.480 e. The zero-order chi connectivity index (χ0) is 21.8. The number of ketones is 1. The van der Waals surface area contributed by atoms with Crippen LogP contribution in [0.5, 0.6) is 0 Å². The van der Waals surface area contributed by atoms with Crippen LogP contribution in [-0.4, -0.2) is 65.6 Å². The molecule has 2 atom stereocenters. The second-order valence-electron chi connectivity index (χ2n) is 6.69. The lowest BCUT2D eigenvalue weighted by Crippen LogP contribution is -2.49. The molecule has 0 unspecified atom stereocenters. The van der Waals surface area contributed by atoms with Crippen molar-refractivity contribution in [1.29, 1.82) is 0 Å². The molecule has 1 aliphatic heterocycles. The van der Waals surface area contributed by atoms with Crippen molar-refractivity contribution in [3.63, 3.8) is 0 Å². The normalized spacial score (nSPS) is 18.6. The number of carboxylic acids is 1. The van der Waals surface area contributed by atoms with E-state index in [1.54, 1.807) is 31.2 Å². The molecule has 1 aromatic rings. The Bertz CT molecular complexity index is 913. The summed E-state index contributed by atoms with van der Waals surface area (Å²) < 4.78 is 26.7. The molecule has 1 heterocycles. The minimum atomic E-state index is -4.12. The van der Waals surface area contributed by atoms with Crippen molar-refractivity contribution in [2.45, 2.75) is 38.8 Å². The lowest BCUT2D eigenvalue weighted by Gasteiger charge is -2.26. The number of hydrogen-bond acceptors (Lipinski definition) is 5. The van der Waals surface area contributed by atoms with E-state index in [1.807, 2.05) is 0 Å². The van der Waals surface area contributed by atoms with E-state index in [2.05, 4.69) is 0 Å². The van der Waals surface area contributed by atoms with Crippen LogP contribution in [0.4, 0.5) is 0 Å². The second-order valence-corrected chi connectivity index (χ2v) is 8.89. The summed E-state index contributed by atoms with van der Waals surface area (Å²) in [6.07, 6.45) is 1.58. The molecule has 2 rings (SSSR count). The molecular weight excluding hydrogens is 420 g/mol. The summed E-state index contributed by atoms with van der Waals surface area (Å²) in [6, 6.07) is 4.28. The molecule has 1 aromatic carbocycles. The molecule has 1 fully saturated rings. The molecule has 0 saturated carbocycles. The van der Waals surface area contributed by atoms with Crippen molar-refractivity contribution in [1.82, 2.24) is 9.21 Å². The number of amides is 1. The summed E-state index contributed by atoms with van der Waals surface area (Å²) in [5, 5.41) is 10.6. The van der Waals surface area contributed by atoms with Crippen LogP contribution in [0.1, 0.15) is 32.3 Å². The Morgan fingerprint density at radius 1 is 1.34 bits per heavy atom. The highest BCUT2D eigenvalue weighted by atomic mass is 35.5. The third-order valence-corrected chi connectivity index (χ3v) is 6.51. The summed E-state index contributed by atoms with van der Waals surface area (Å²) in [5.74, 6) is -2.14. The number of likely N-dealkylation sites (tertiary alicyclic amines) is 1. The van der Waals surface area contributed by atoms with Crippen LogP contribution in [0, 0.1) is 0 Å². The van der Waals surface area contributed by atoms with Gasteiger partial charge >= 0.3 is 5.97 Å². The second kappa shape index (κ2) is 9.51. The van der Waals surface area contributed by atoms with Crippen molar-refractivity contribution in [3.05, 3.63) is 40.3 Å². The van der Waals surface area contributed by atoms with E-state index in [-0.39, 0.29) is 25.2 Å². The number of nitrogens with zero attached hydrogens (tertiary/aromatic N) is 2. The van der Waals surface area contributed by atoms with Gasteiger partial charge in [0.1, 0.15) is 17.9 Å². The lowest BCUT2D eigenvalue weighted by atomic mass is 10.2. The number of aliphatic carboxylic acids is 1. The fourth-order valence-electron chi connectivity index (χ4n) is 2.95. The van der Waals surface area contributed by atoms with E-state index in [0.29, 0.717) is 10.6 Å². The Labute approximate surface area is 174 Å². The molecule has 29 heavy (non-hydrogen) atoms. The topological polar surface area (TPSA) is 112 Å². The molecule has 0 aromatic heterocycles. The van der Waals surface area contributed by atoms with Crippen LogP contribution >= 0.6 is 11.6 Å². The first-order chi connectivity index (χ1) is 13.6. The maximum absolute atomic E-state index is 12.9. The summed E-state index contributed by atoms with van der Waals surface area (Å²) in [6.45, 7) is 2.62. The van der Waals surface area contributed by atoms with Gasteiger partial charge in [-0.2, -0.15) is 4.31 Å². The quantitative estimate of drug-likeness (QED) is 0.625. The van der Waals surface area contributed by atoms with Crippen molar-refractivity contribution < 1.29 is 27.9 Å². The standard InChI is InChI=1S/C19H23ClN2O6S/c1-3-16(23)12-22(17-8-10-21(18(17)24)13(2)19(25)26)29(27,28)11-9-14-4-6-15(20)7-5-14/h4-7,9,11,13,17H,3,8,10,12H2,1-2H3,(H,25,26)/b11-9+/t13-,17-/m0/s1.